The van der Waals surface area contributed by atoms with Crippen LogP contribution in [0.3, 0.4) is 0 Å². The van der Waals surface area contributed by atoms with Crippen LogP contribution in [0.25, 0.3) is 0 Å². The van der Waals surface area contributed by atoms with Crippen molar-refractivity contribution in [3.63, 3.8) is 0 Å². The molecule has 0 unspecified atom stereocenters. The molecular weight excluding hydrogens is 376 g/mol. The van der Waals surface area contributed by atoms with Crippen molar-refractivity contribution in [2.45, 2.75) is 9.79 Å². The Morgan fingerprint density at radius 1 is 1.00 bits per heavy atom. The van der Waals surface area contributed by atoms with E-state index in [-0.39, 0.29) is 21.3 Å². The lowest BCUT2D eigenvalue weighted by Crippen LogP contribution is -2.22. The lowest BCUT2D eigenvalue weighted by Gasteiger charge is -2.14. The minimum Gasteiger partial charge on any atom is -0.495 e. The van der Waals surface area contributed by atoms with Gasteiger partial charge < -0.3 is 9.64 Å². The minimum atomic E-state index is -4.02. The molecule has 142 valence electrons. The Morgan fingerprint density at radius 2 is 1.65 bits per heavy atom. The second kappa shape index (κ2) is 8.07. The predicted octanol–water partition coefficient (Wildman–Crippen LogP) is 1.83. The summed E-state index contributed by atoms with van der Waals surface area (Å²) in [6.45, 7) is 0.332. The van der Waals surface area contributed by atoms with E-state index in [1.165, 1.54) is 19.2 Å². The van der Waals surface area contributed by atoms with Gasteiger partial charge in [0.1, 0.15) is 10.6 Å². The van der Waals surface area contributed by atoms with Crippen LogP contribution < -0.4 is 9.46 Å². The average molecular weight is 399 g/mol. The van der Waals surface area contributed by atoms with E-state index in [0.29, 0.717) is 12.2 Å². The zero-order chi connectivity index (χ0) is 19.4. The molecule has 0 radical (unpaired) electrons. The zero-order valence-electron chi connectivity index (χ0n) is 14.8. The molecule has 2 rings (SSSR count). The van der Waals surface area contributed by atoms with Crippen molar-refractivity contribution in [3.8, 4) is 5.75 Å². The van der Waals surface area contributed by atoms with Crippen molar-refractivity contribution in [2.75, 3.05) is 38.2 Å². The first-order valence-electron chi connectivity index (χ1n) is 7.79. The Bertz CT molecular complexity index is 956. The molecule has 26 heavy (non-hydrogen) atoms. The van der Waals surface area contributed by atoms with Gasteiger partial charge in [0, 0.05) is 12.2 Å². The van der Waals surface area contributed by atoms with Crippen LogP contribution >= 0.6 is 0 Å². The molecule has 9 heteroatoms. The molecule has 0 aliphatic rings. The molecular formula is C17H22N2O5S2. The lowest BCUT2D eigenvalue weighted by molar-refractivity contribution is 0.402. The third-order valence-corrected chi connectivity index (χ3v) is 6.71. The molecule has 0 aliphatic heterocycles. The van der Waals surface area contributed by atoms with Gasteiger partial charge in [-0.1, -0.05) is 18.2 Å². The van der Waals surface area contributed by atoms with E-state index < -0.39 is 19.9 Å². The molecule has 0 bridgehead atoms. The molecule has 0 spiro atoms. The third kappa shape index (κ3) is 4.96. The number of sulfonamides is 1. The number of methoxy groups -OCH3 is 1. The van der Waals surface area contributed by atoms with Crippen LogP contribution in [-0.2, 0) is 19.9 Å². The van der Waals surface area contributed by atoms with Crippen LogP contribution in [0.4, 0.5) is 5.69 Å². The van der Waals surface area contributed by atoms with Crippen LogP contribution in [0.1, 0.15) is 0 Å². The SMILES string of the molecule is COc1ccc(S(=O)(=O)CCN(C)C)cc1S(=O)(=O)Nc1ccccc1. The molecule has 0 atom stereocenters. The van der Waals surface area contributed by atoms with Crippen LogP contribution in [-0.4, -0.2) is 55.2 Å². The number of ether oxygens (including phenoxy) is 1. The fraction of sp³-hybridized carbons (Fsp3) is 0.294. The summed E-state index contributed by atoms with van der Waals surface area (Å²) in [7, 11) is -2.78. The molecule has 0 fully saturated rings. The number of sulfone groups is 1. The monoisotopic (exact) mass is 398 g/mol. The van der Waals surface area contributed by atoms with Crippen LogP contribution in [0.2, 0.25) is 0 Å². The maximum atomic E-state index is 12.7. The van der Waals surface area contributed by atoms with Crippen molar-refractivity contribution < 1.29 is 21.6 Å². The fourth-order valence-electron chi connectivity index (χ4n) is 2.20. The number of nitrogens with zero attached hydrogens (tertiary/aromatic N) is 1. The smallest absolute Gasteiger partial charge is 0.265 e. The van der Waals surface area contributed by atoms with Crippen molar-refractivity contribution in [3.05, 3.63) is 48.5 Å². The summed E-state index contributed by atoms with van der Waals surface area (Å²) in [5.74, 6) is -0.0437. The van der Waals surface area contributed by atoms with E-state index in [1.807, 2.05) is 0 Å². The van der Waals surface area contributed by atoms with E-state index >= 15 is 0 Å². The van der Waals surface area contributed by atoms with Crippen LogP contribution in [0.15, 0.2) is 58.3 Å². The second-order valence-electron chi connectivity index (χ2n) is 5.91. The summed E-state index contributed by atoms with van der Waals surface area (Å²) in [5.41, 5.74) is 0.371. The standard InChI is InChI=1S/C17H22N2O5S2/c1-19(2)11-12-25(20,21)15-9-10-16(24-3)17(13-15)26(22,23)18-14-7-5-4-6-8-14/h4-10,13,18H,11-12H2,1-3H3. The number of hydrogen-bond acceptors (Lipinski definition) is 6. The molecule has 0 amide bonds. The van der Waals surface area contributed by atoms with Gasteiger partial charge in [-0.3, -0.25) is 4.72 Å². The molecule has 0 saturated heterocycles. The van der Waals surface area contributed by atoms with Gasteiger partial charge in [0.2, 0.25) is 0 Å². The molecule has 2 aromatic rings. The van der Waals surface area contributed by atoms with Crippen LogP contribution in [0.5, 0.6) is 5.75 Å². The highest BCUT2D eigenvalue weighted by atomic mass is 32.2. The van der Waals surface area contributed by atoms with Crippen molar-refractivity contribution >= 4 is 25.5 Å². The Hall–Kier alpha value is -2.10. The number of benzene rings is 2. The Kier molecular flexibility index (Phi) is 6.27. The van der Waals surface area contributed by atoms with Crippen molar-refractivity contribution in [1.82, 2.24) is 4.90 Å². The third-order valence-electron chi connectivity index (χ3n) is 3.62. The molecule has 0 heterocycles. The first-order chi connectivity index (χ1) is 12.2. The zero-order valence-corrected chi connectivity index (χ0v) is 16.5. The van der Waals surface area contributed by atoms with E-state index in [1.54, 1.807) is 49.3 Å². The number of hydrogen-bond donors (Lipinski definition) is 1. The number of anilines is 1. The summed E-state index contributed by atoms with van der Waals surface area (Å²) >= 11 is 0. The average Bonchev–Trinajstić information content (AvgIpc) is 2.60. The highest BCUT2D eigenvalue weighted by molar-refractivity contribution is 7.93. The molecule has 0 saturated carbocycles. The van der Waals surface area contributed by atoms with E-state index in [0.717, 1.165) is 6.07 Å². The Balaban J connectivity index is 2.44. The summed E-state index contributed by atoms with van der Waals surface area (Å²) < 4.78 is 58.0. The Labute approximate surface area is 154 Å². The quantitative estimate of drug-likeness (QED) is 0.729. The number of nitrogens with one attached hydrogen (secondary N) is 1. The molecule has 7 nitrogen and oxygen atoms in total. The van der Waals surface area contributed by atoms with E-state index in [2.05, 4.69) is 4.72 Å². The van der Waals surface area contributed by atoms with Gasteiger partial charge in [0.05, 0.1) is 17.8 Å². The van der Waals surface area contributed by atoms with E-state index in [4.69, 9.17) is 4.74 Å². The van der Waals surface area contributed by atoms with Gasteiger partial charge in [-0.05, 0) is 44.4 Å². The second-order valence-corrected chi connectivity index (χ2v) is 9.67. The molecule has 0 aliphatic carbocycles. The maximum absolute atomic E-state index is 12.7. The van der Waals surface area contributed by atoms with Gasteiger partial charge >= 0.3 is 0 Å². The molecule has 0 aromatic heterocycles. The first kappa shape index (κ1) is 20.2. The first-order valence-corrected chi connectivity index (χ1v) is 10.9. The highest BCUT2D eigenvalue weighted by Crippen LogP contribution is 2.29. The highest BCUT2D eigenvalue weighted by Gasteiger charge is 2.24. The lowest BCUT2D eigenvalue weighted by atomic mass is 10.3. The van der Waals surface area contributed by atoms with Gasteiger partial charge in [-0.15, -0.1) is 0 Å². The fourth-order valence-corrected chi connectivity index (χ4v) is 4.94. The van der Waals surface area contributed by atoms with Gasteiger partial charge in [0.15, 0.2) is 9.84 Å². The minimum absolute atomic E-state index is 0.0615. The number of rotatable bonds is 8. The Morgan fingerprint density at radius 3 is 2.23 bits per heavy atom. The maximum Gasteiger partial charge on any atom is 0.265 e. The predicted molar refractivity (Wildman–Crippen MR) is 101 cm³/mol. The van der Waals surface area contributed by atoms with Gasteiger partial charge in [-0.2, -0.15) is 0 Å². The summed E-state index contributed by atoms with van der Waals surface area (Å²) in [4.78, 5) is 1.46. The summed E-state index contributed by atoms with van der Waals surface area (Å²) in [5, 5.41) is 0. The summed E-state index contributed by atoms with van der Waals surface area (Å²) in [6.07, 6.45) is 0. The topological polar surface area (TPSA) is 92.8 Å². The molecule has 2 aromatic carbocycles. The van der Waals surface area contributed by atoms with Crippen molar-refractivity contribution in [2.24, 2.45) is 0 Å². The van der Waals surface area contributed by atoms with Crippen LogP contribution in [0, 0.1) is 0 Å². The normalized spacial score (nSPS) is 12.2. The largest absolute Gasteiger partial charge is 0.495 e. The van der Waals surface area contributed by atoms with Gasteiger partial charge in [-0.25, -0.2) is 16.8 Å². The number of para-hydroxylation sites is 1. The summed E-state index contributed by atoms with van der Waals surface area (Å²) in [6, 6.07) is 12.2. The van der Waals surface area contributed by atoms with Gasteiger partial charge in [0.25, 0.3) is 10.0 Å². The molecule has 1 N–H and O–H groups in total. The van der Waals surface area contributed by atoms with Crippen molar-refractivity contribution in [1.29, 1.82) is 0 Å². The van der Waals surface area contributed by atoms with E-state index in [9.17, 15) is 16.8 Å².